The van der Waals surface area contributed by atoms with Crippen LogP contribution in [-0.4, -0.2) is 44.6 Å². The second kappa shape index (κ2) is 6.35. The van der Waals surface area contributed by atoms with Crippen LogP contribution in [0.15, 0.2) is 0 Å². The maximum absolute atomic E-state index is 4.62. The molecule has 0 aromatic heterocycles. The van der Waals surface area contributed by atoms with Crippen molar-refractivity contribution in [2.24, 2.45) is 0 Å². The molecule has 0 aliphatic carbocycles. The fourth-order valence-corrected chi connectivity index (χ4v) is 1.20. The number of hydrogen-bond donors (Lipinski definition) is 0. The van der Waals surface area contributed by atoms with Crippen molar-refractivity contribution in [1.29, 1.82) is 0 Å². The van der Waals surface area contributed by atoms with E-state index in [4.69, 9.17) is 0 Å². The van der Waals surface area contributed by atoms with Crippen molar-refractivity contribution in [3.63, 3.8) is 0 Å². The molecule has 0 spiro atoms. The van der Waals surface area contributed by atoms with Gasteiger partial charge in [0.1, 0.15) is 0 Å². The first-order chi connectivity index (χ1) is 5.61. The van der Waals surface area contributed by atoms with E-state index < -0.39 is 0 Å². The Labute approximate surface area is 113 Å². The molecular formula is C6H8N2S4Zn. The second-order valence-electron chi connectivity index (χ2n) is 2.51. The molecular weight excluding hydrogens is 294 g/mol. The summed E-state index contributed by atoms with van der Waals surface area (Å²) in [6.45, 7) is 4.34. The maximum atomic E-state index is 4.62. The van der Waals surface area contributed by atoms with Gasteiger partial charge in [0.05, 0.1) is 0 Å². The molecule has 2 fully saturated rings. The number of nitrogens with zero attached hydrogens (tertiary/aromatic N) is 2. The van der Waals surface area contributed by atoms with E-state index in [1.807, 2.05) is 9.80 Å². The molecule has 0 aromatic carbocycles. The monoisotopic (exact) mass is 300 g/mol. The normalized spacial score (nSPS) is 16.3. The summed E-state index contributed by atoms with van der Waals surface area (Å²) < 4.78 is 1.24. The average molecular weight is 302 g/mol. The molecule has 0 saturated carbocycles. The molecule has 0 amide bonds. The fraction of sp³-hybridized carbons (Fsp3) is 0.667. The van der Waals surface area contributed by atoms with Gasteiger partial charge in [0.2, 0.25) is 0 Å². The Kier molecular flexibility index (Phi) is 6.76. The molecule has 68 valence electrons. The quantitative estimate of drug-likeness (QED) is 0.272. The SMILES string of the molecule is S=C([S-])N1CC1.S=C([S-])N1CC1.[Zn+2]. The average Bonchev–Trinajstić information content (AvgIpc) is 2.85. The summed E-state index contributed by atoms with van der Waals surface area (Å²) >= 11 is 18.5. The molecule has 0 atom stereocenters. The van der Waals surface area contributed by atoms with Gasteiger partial charge in [-0.3, -0.25) is 0 Å². The summed E-state index contributed by atoms with van der Waals surface area (Å²) in [4.78, 5) is 3.93. The molecule has 0 unspecified atom stereocenters. The summed E-state index contributed by atoms with van der Waals surface area (Å²) in [5, 5.41) is 0. The van der Waals surface area contributed by atoms with Gasteiger partial charge in [-0.2, -0.15) is 0 Å². The van der Waals surface area contributed by atoms with Gasteiger partial charge in [-0.25, -0.2) is 0 Å². The third-order valence-electron chi connectivity index (χ3n) is 1.41. The van der Waals surface area contributed by atoms with Gasteiger partial charge in [0.15, 0.2) is 0 Å². The number of rotatable bonds is 0. The van der Waals surface area contributed by atoms with Gasteiger partial charge in [-0.05, 0) is 0 Å². The van der Waals surface area contributed by atoms with E-state index in [0.29, 0.717) is 8.64 Å². The molecule has 0 N–H and O–H groups in total. The van der Waals surface area contributed by atoms with Crippen LogP contribution < -0.4 is 0 Å². The van der Waals surface area contributed by atoms with Crippen molar-refractivity contribution >= 4 is 58.3 Å². The minimum absolute atomic E-state index is 0. The predicted octanol–water partition coefficient (Wildman–Crippen LogP) is 0.265. The zero-order chi connectivity index (χ0) is 9.14. The van der Waals surface area contributed by atoms with Crippen LogP contribution in [0.25, 0.3) is 0 Å². The first kappa shape index (κ1) is 13.8. The van der Waals surface area contributed by atoms with E-state index >= 15 is 0 Å². The zero-order valence-corrected chi connectivity index (χ0v) is 13.3. The van der Waals surface area contributed by atoms with Gasteiger partial charge in [0.25, 0.3) is 0 Å². The molecule has 2 aliphatic heterocycles. The molecule has 2 rings (SSSR count). The van der Waals surface area contributed by atoms with Crippen LogP contribution >= 0.6 is 24.4 Å². The first-order valence-corrected chi connectivity index (χ1v) is 5.16. The molecule has 7 heteroatoms. The molecule has 0 bridgehead atoms. The standard InChI is InChI=1S/2C3H5NS2.Zn/c2*5-3(6)4-1-2-4;/h2*1-2H2,(H,5,6);/q;;+2/p-2. The van der Waals surface area contributed by atoms with Crippen LogP contribution in [0.2, 0.25) is 0 Å². The number of hydrogen-bond acceptors (Lipinski definition) is 4. The van der Waals surface area contributed by atoms with Crippen LogP contribution in [-0.2, 0) is 44.7 Å². The summed E-state index contributed by atoms with van der Waals surface area (Å²) in [6, 6.07) is 0. The molecule has 2 heterocycles. The van der Waals surface area contributed by atoms with Gasteiger partial charge in [0, 0.05) is 26.2 Å². The van der Waals surface area contributed by atoms with Crippen LogP contribution in [0.1, 0.15) is 0 Å². The zero-order valence-electron chi connectivity index (χ0n) is 7.06. The third kappa shape index (κ3) is 6.85. The molecule has 2 aliphatic rings. The van der Waals surface area contributed by atoms with E-state index in [-0.39, 0.29) is 19.5 Å². The Bertz CT molecular complexity index is 181. The second-order valence-corrected chi connectivity index (χ2v) is 4.57. The predicted molar refractivity (Wildman–Crippen MR) is 63.1 cm³/mol. The summed E-state index contributed by atoms with van der Waals surface area (Å²) in [7, 11) is 0. The Hall–Kier alpha value is 0.843. The first-order valence-electron chi connectivity index (χ1n) is 3.53. The van der Waals surface area contributed by atoms with Crippen LogP contribution in [0.3, 0.4) is 0 Å². The van der Waals surface area contributed by atoms with E-state index in [9.17, 15) is 0 Å². The molecule has 13 heavy (non-hydrogen) atoms. The van der Waals surface area contributed by atoms with Crippen molar-refractivity contribution in [1.82, 2.24) is 9.80 Å². The van der Waals surface area contributed by atoms with Gasteiger partial charge >= 0.3 is 19.5 Å². The van der Waals surface area contributed by atoms with E-state index in [1.165, 1.54) is 0 Å². The van der Waals surface area contributed by atoms with Crippen molar-refractivity contribution in [3.8, 4) is 0 Å². The maximum Gasteiger partial charge on any atom is 2.00 e. The molecule has 0 aromatic rings. The van der Waals surface area contributed by atoms with Crippen molar-refractivity contribution in [2.45, 2.75) is 0 Å². The largest absolute Gasteiger partial charge is 2.00 e. The Morgan fingerprint density at radius 3 is 1.08 bits per heavy atom. The third-order valence-corrected chi connectivity index (χ3v) is 2.44. The van der Waals surface area contributed by atoms with Gasteiger partial charge < -0.3 is 59.5 Å². The minimum Gasteiger partial charge on any atom is -0.411 e. The van der Waals surface area contributed by atoms with Crippen molar-refractivity contribution in [3.05, 3.63) is 0 Å². The fourth-order valence-electron chi connectivity index (χ4n) is 0.465. The molecule has 2 nitrogen and oxygen atoms in total. The van der Waals surface area contributed by atoms with Crippen LogP contribution in [0, 0.1) is 0 Å². The molecule has 2 saturated heterocycles. The summed E-state index contributed by atoms with van der Waals surface area (Å²) in [6.07, 6.45) is 0. The van der Waals surface area contributed by atoms with Crippen LogP contribution in [0.4, 0.5) is 0 Å². The summed E-state index contributed by atoms with van der Waals surface area (Å²) in [5.74, 6) is 0. The smallest absolute Gasteiger partial charge is 0.411 e. The van der Waals surface area contributed by atoms with Gasteiger partial charge in [-0.1, -0.05) is 8.64 Å². The topological polar surface area (TPSA) is 6.02 Å². The van der Waals surface area contributed by atoms with E-state index in [1.54, 1.807) is 0 Å². The van der Waals surface area contributed by atoms with Gasteiger partial charge in [-0.15, -0.1) is 0 Å². The van der Waals surface area contributed by atoms with E-state index in [2.05, 4.69) is 49.7 Å². The van der Waals surface area contributed by atoms with Crippen LogP contribution in [0.5, 0.6) is 0 Å². The Morgan fingerprint density at radius 1 is 0.846 bits per heavy atom. The Balaban J connectivity index is 0.000000206. The number of thiocarbonyl (C=S) groups is 2. The van der Waals surface area contributed by atoms with E-state index in [0.717, 1.165) is 26.2 Å². The summed E-state index contributed by atoms with van der Waals surface area (Å²) in [5.41, 5.74) is 0. The molecule has 0 radical (unpaired) electrons. The van der Waals surface area contributed by atoms with Crippen molar-refractivity contribution in [2.75, 3.05) is 26.2 Å². The Morgan fingerprint density at radius 2 is 1.08 bits per heavy atom. The van der Waals surface area contributed by atoms with Crippen molar-refractivity contribution < 1.29 is 19.5 Å². The minimum atomic E-state index is 0.